The standard InChI is InChI=1S/C31H38F2N4O3/c1-19(11-32)34-12-24(10-29-30(38)31(39)36-18-35-29)27-8-7-23(9-28(27)33)20(2)22-5-3-21(4-6-22)13-37-14-25-16-40-17-26(25)15-37/h3-9,18-20,24-26,34,38H,10-17H2,1-2H3,(H,35,36,39). The number of aromatic amines is 1. The molecule has 0 spiro atoms. The van der Waals surface area contributed by atoms with Gasteiger partial charge in [-0.2, -0.15) is 0 Å². The fourth-order valence-corrected chi connectivity index (χ4v) is 5.92. The summed E-state index contributed by atoms with van der Waals surface area (Å²) < 4.78 is 34.3. The molecule has 3 N–H and O–H groups in total. The summed E-state index contributed by atoms with van der Waals surface area (Å²) in [6.07, 6.45) is 1.34. The Morgan fingerprint density at radius 2 is 1.82 bits per heavy atom. The predicted octanol–water partition coefficient (Wildman–Crippen LogP) is 4.12. The number of aromatic hydroxyl groups is 1. The van der Waals surface area contributed by atoms with Crippen LogP contribution < -0.4 is 10.9 Å². The number of H-pyrrole nitrogens is 1. The van der Waals surface area contributed by atoms with Gasteiger partial charge in [-0.25, -0.2) is 13.8 Å². The zero-order chi connectivity index (χ0) is 28.2. The van der Waals surface area contributed by atoms with Crippen molar-refractivity contribution in [2.75, 3.05) is 39.5 Å². The molecule has 0 amide bonds. The fourth-order valence-electron chi connectivity index (χ4n) is 5.92. The summed E-state index contributed by atoms with van der Waals surface area (Å²) in [5.74, 6) is -0.0128. The van der Waals surface area contributed by atoms with Gasteiger partial charge < -0.3 is 20.1 Å². The molecule has 5 atom stereocenters. The van der Waals surface area contributed by atoms with Crippen molar-refractivity contribution >= 4 is 0 Å². The van der Waals surface area contributed by atoms with E-state index in [4.69, 9.17) is 4.74 Å². The number of rotatable bonds is 11. The van der Waals surface area contributed by atoms with Crippen LogP contribution in [0.25, 0.3) is 0 Å². The van der Waals surface area contributed by atoms with Crippen molar-refractivity contribution in [1.82, 2.24) is 20.2 Å². The first-order valence-corrected chi connectivity index (χ1v) is 14.1. The molecular weight excluding hydrogens is 514 g/mol. The maximum absolute atomic E-state index is 15.6. The molecule has 0 bridgehead atoms. The normalized spacial score (nSPS) is 21.3. The minimum atomic E-state index is -0.651. The van der Waals surface area contributed by atoms with E-state index in [1.165, 1.54) is 11.9 Å². The number of benzene rings is 2. The largest absolute Gasteiger partial charge is 0.502 e. The average Bonchev–Trinajstić information content (AvgIpc) is 3.55. The number of hydrogen-bond donors (Lipinski definition) is 3. The van der Waals surface area contributed by atoms with E-state index in [0.717, 1.165) is 44.0 Å². The summed E-state index contributed by atoms with van der Waals surface area (Å²) in [7, 11) is 0. The van der Waals surface area contributed by atoms with Gasteiger partial charge in [0.1, 0.15) is 12.5 Å². The van der Waals surface area contributed by atoms with Gasteiger partial charge in [0.2, 0.25) is 5.75 Å². The summed E-state index contributed by atoms with van der Waals surface area (Å²) >= 11 is 0. The van der Waals surface area contributed by atoms with Crippen molar-refractivity contribution in [3.05, 3.63) is 92.9 Å². The van der Waals surface area contributed by atoms with Crippen LogP contribution in [0.2, 0.25) is 0 Å². The highest BCUT2D eigenvalue weighted by molar-refractivity contribution is 5.37. The number of nitrogens with zero attached hydrogens (tertiary/aromatic N) is 2. The van der Waals surface area contributed by atoms with Gasteiger partial charge in [0.05, 0.1) is 25.2 Å². The van der Waals surface area contributed by atoms with Crippen molar-refractivity contribution in [3.63, 3.8) is 0 Å². The maximum atomic E-state index is 15.6. The van der Waals surface area contributed by atoms with Crippen LogP contribution in [-0.2, 0) is 17.7 Å². The third-order valence-corrected chi connectivity index (χ3v) is 8.45. The van der Waals surface area contributed by atoms with Gasteiger partial charge in [-0.3, -0.25) is 9.69 Å². The van der Waals surface area contributed by atoms with Crippen LogP contribution in [0.5, 0.6) is 5.75 Å². The molecule has 0 aliphatic carbocycles. The molecule has 2 fully saturated rings. The number of ether oxygens (including phenoxy) is 1. The first-order chi connectivity index (χ1) is 19.3. The molecule has 3 heterocycles. The van der Waals surface area contributed by atoms with Crippen LogP contribution in [0, 0.1) is 17.7 Å². The predicted molar refractivity (Wildman–Crippen MR) is 150 cm³/mol. The molecule has 2 saturated heterocycles. The molecular formula is C31H38F2N4O3. The van der Waals surface area contributed by atoms with Gasteiger partial charge in [-0.05, 0) is 35.2 Å². The molecule has 214 valence electrons. The highest BCUT2D eigenvalue weighted by Crippen LogP contribution is 2.32. The van der Waals surface area contributed by atoms with E-state index in [9.17, 15) is 14.3 Å². The van der Waals surface area contributed by atoms with E-state index in [-0.39, 0.29) is 30.4 Å². The second-order valence-corrected chi connectivity index (χ2v) is 11.4. The lowest BCUT2D eigenvalue weighted by Crippen LogP contribution is -2.33. The summed E-state index contributed by atoms with van der Waals surface area (Å²) in [5.41, 5.74) is 3.17. The van der Waals surface area contributed by atoms with Crippen LogP contribution in [0.15, 0.2) is 53.6 Å². The molecule has 0 saturated carbocycles. The minimum Gasteiger partial charge on any atom is -0.502 e. The lowest BCUT2D eigenvalue weighted by molar-refractivity contribution is 0.153. The molecule has 40 heavy (non-hydrogen) atoms. The molecule has 3 aromatic rings. The first-order valence-electron chi connectivity index (χ1n) is 14.1. The van der Waals surface area contributed by atoms with Crippen molar-refractivity contribution in [3.8, 4) is 5.75 Å². The number of hydrogen-bond acceptors (Lipinski definition) is 6. The van der Waals surface area contributed by atoms with Crippen molar-refractivity contribution in [2.45, 2.75) is 44.7 Å². The second kappa shape index (κ2) is 12.6. The third kappa shape index (κ3) is 6.43. The maximum Gasteiger partial charge on any atom is 0.293 e. The van der Waals surface area contributed by atoms with E-state index >= 15 is 4.39 Å². The van der Waals surface area contributed by atoms with E-state index in [2.05, 4.69) is 51.4 Å². The Balaban J connectivity index is 1.29. The SMILES string of the molecule is CC(CF)NCC(Cc1nc[nH]c(=O)c1O)c1ccc(C(C)c2ccc(CN3CC4COCC4C3)cc2)cc1F. The lowest BCUT2D eigenvalue weighted by atomic mass is 9.88. The fraction of sp³-hybridized carbons (Fsp3) is 0.484. The van der Waals surface area contributed by atoms with E-state index in [0.29, 0.717) is 17.4 Å². The summed E-state index contributed by atoms with van der Waals surface area (Å²) in [6.45, 7) is 8.34. The Bertz CT molecular complexity index is 1340. The van der Waals surface area contributed by atoms with E-state index in [1.54, 1.807) is 19.1 Å². The first kappa shape index (κ1) is 28.4. The van der Waals surface area contributed by atoms with Crippen LogP contribution in [-0.4, -0.2) is 65.5 Å². The van der Waals surface area contributed by atoms with Crippen molar-refractivity contribution in [2.24, 2.45) is 11.8 Å². The quantitative estimate of drug-likeness (QED) is 0.332. The number of halogens is 2. The summed E-state index contributed by atoms with van der Waals surface area (Å²) in [6, 6.07) is 13.4. The molecule has 9 heteroatoms. The molecule has 2 aliphatic rings. The minimum absolute atomic E-state index is 0.0116. The highest BCUT2D eigenvalue weighted by atomic mass is 19.1. The molecule has 5 rings (SSSR count). The number of nitrogens with one attached hydrogen (secondary N) is 2. The molecule has 0 radical (unpaired) electrons. The molecule has 2 aliphatic heterocycles. The Labute approximate surface area is 233 Å². The van der Waals surface area contributed by atoms with E-state index in [1.807, 2.05) is 6.07 Å². The van der Waals surface area contributed by atoms with Gasteiger partial charge in [0.15, 0.2) is 0 Å². The van der Waals surface area contributed by atoms with Crippen LogP contribution >= 0.6 is 0 Å². The third-order valence-electron chi connectivity index (χ3n) is 8.45. The highest BCUT2D eigenvalue weighted by Gasteiger charge is 2.36. The molecule has 2 aromatic carbocycles. The second-order valence-electron chi connectivity index (χ2n) is 11.4. The summed E-state index contributed by atoms with van der Waals surface area (Å²) in [4.78, 5) is 20.8. The lowest BCUT2D eigenvalue weighted by Gasteiger charge is -2.22. The number of fused-ring (bicyclic) bond motifs is 1. The Kier molecular flexibility index (Phi) is 8.93. The Morgan fingerprint density at radius 3 is 2.50 bits per heavy atom. The number of aromatic nitrogens is 2. The monoisotopic (exact) mass is 552 g/mol. The zero-order valence-electron chi connectivity index (χ0n) is 23.1. The smallest absolute Gasteiger partial charge is 0.293 e. The molecule has 7 nitrogen and oxygen atoms in total. The molecule has 5 unspecified atom stereocenters. The van der Waals surface area contributed by atoms with Gasteiger partial charge >= 0.3 is 0 Å². The van der Waals surface area contributed by atoms with Crippen LogP contribution in [0.4, 0.5) is 8.78 Å². The van der Waals surface area contributed by atoms with Crippen molar-refractivity contribution < 1.29 is 18.6 Å². The van der Waals surface area contributed by atoms with Gasteiger partial charge in [-0.15, -0.1) is 0 Å². The number of likely N-dealkylation sites (tertiary alicyclic amines) is 1. The Morgan fingerprint density at radius 1 is 1.12 bits per heavy atom. The summed E-state index contributed by atoms with van der Waals surface area (Å²) in [5, 5.41) is 13.2. The number of alkyl halides is 1. The van der Waals surface area contributed by atoms with Crippen LogP contribution in [0.3, 0.4) is 0 Å². The molecule has 1 aromatic heterocycles. The van der Waals surface area contributed by atoms with Crippen molar-refractivity contribution in [1.29, 1.82) is 0 Å². The van der Waals surface area contributed by atoms with Gasteiger partial charge in [-0.1, -0.05) is 43.3 Å². The zero-order valence-corrected chi connectivity index (χ0v) is 23.1. The average molecular weight is 553 g/mol. The van der Waals surface area contributed by atoms with Gasteiger partial charge in [0.25, 0.3) is 5.56 Å². The van der Waals surface area contributed by atoms with Gasteiger partial charge in [0, 0.05) is 62.3 Å². The van der Waals surface area contributed by atoms with Crippen LogP contribution in [0.1, 0.15) is 53.6 Å². The van der Waals surface area contributed by atoms with E-state index < -0.39 is 29.9 Å². The topological polar surface area (TPSA) is 90.5 Å². The Hall–Kier alpha value is -3.14.